The molecule has 0 aromatic heterocycles. The van der Waals surface area contributed by atoms with Gasteiger partial charge in [-0.25, -0.2) is 17.5 Å². The normalized spacial score (nSPS) is 13.4. The first-order chi connectivity index (χ1) is 9.31. The van der Waals surface area contributed by atoms with Crippen LogP contribution in [0, 0.1) is 25.6 Å². The molecule has 0 saturated carbocycles. The third-order valence-electron chi connectivity index (χ3n) is 3.35. The van der Waals surface area contributed by atoms with E-state index in [9.17, 15) is 12.8 Å². The maximum Gasteiger partial charge on any atom is 0.241 e. The molecule has 1 aromatic rings. The van der Waals surface area contributed by atoms with E-state index in [-0.39, 0.29) is 4.90 Å². The van der Waals surface area contributed by atoms with Gasteiger partial charge in [0.25, 0.3) is 0 Å². The molecule has 3 nitrogen and oxygen atoms in total. The summed E-state index contributed by atoms with van der Waals surface area (Å²) in [5.74, 6) is -0.116. The number of halogens is 2. The largest absolute Gasteiger partial charge is 0.241 e. The smallest absolute Gasteiger partial charge is 0.211 e. The third-order valence-corrected chi connectivity index (χ3v) is 5.54. The highest BCUT2D eigenvalue weighted by Gasteiger charge is 2.21. The quantitative estimate of drug-likeness (QED) is 0.751. The first kappa shape index (κ1) is 17.6. The molecule has 0 aliphatic carbocycles. The number of aryl methyl sites for hydroxylation is 2. The zero-order chi connectivity index (χ0) is 15.3. The molecule has 0 amide bonds. The maximum atomic E-state index is 13.2. The van der Waals surface area contributed by atoms with Crippen molar-refractivity contribution in [2.75, 3.05) is 11.9 Å². The van der Waals surface area contributed by atoms with E-state index in [1.807, 2.05) is 6.92 Å². The number of hydrogen-bond acceptors (Lipinski definition) is 2. The lowest BCUT2D eigenvalue weighted by Gasteiger charge is -2.16. The molecule has 0 saturated heterocycles. The molecule has 20 heavy (non-hydrogen) atoms. The van der Waals surface area contributed by atoms with Crippen LogP contribution in [0.25, 0.3) is 0 Å². The molecule has 1 aromatic carbocycles. The number of nitrogens with one attached hydrogen (secondary N) is 1. The van der Waals surface area contributed by atoms with Gasteiger partial charge in [0.15, 0.2) is 0 Å². The SMILES string of the molecule is CCC(CCBr)CNS(=O)(=O)c1c(C)cc(F)cc1C. The molecule has 1 rings (SSSR count). The average molecular weight is 366 g/mol. The molecular weight excluding hydrogens is 345 g/mol. The summed E-state index contributed by atoms with van der Waals surface area (Å²) < 4.78 is 40.6. The summed E-state index contributed by atoms with van der Waals surface area (Å²) in [4.78, 5) is 0.188. The molecule has 0 bridgehead atoms. The van der Waals surface area contributed by atoms with E-state index in [1.54, 1.807) is 13.8 Å². The Morgan fingerprint density at radius 1 is 1.30 bits per heavy atom. The van der Waals surface area contributed by atoms with E-state index >= 15 is 0 Å². The van der Waals surface area contributed by atoms with Gasteiger partial charge in [-0.3, -0.25) is 0 Å². The van der Waals surface area contributed by atoms with Crippen LogP contribution in [0.4, 0.5) is 4.39 Å². The van der Waals surface area contributed by atoms with Gasteiger partial charge in [0, 0.05) is 11.9 Å². The maximum absolute atomic E-state index is 13.2. The van der Waals surface area contributed by atoms with Crippen molar-refractivity contribution in [2.45, 2.75) is 38.5 Å². The number of rotatable bonds is 7. The van der Waals surface area contributed by atoms with Gasteiger partial charge in [-0.15, -0.1) is 0 Å². The highest BCUT2D eigenvalue weighted by molar-refractivity contribution is 9.09. The van der Waals surface area contributed by atoms with Crippen LogP contribution in [-0.2, 0) is 10.0 Å². The number of hydrogen-bond donors (Lipinski definition) is 1. The molecule has 1 N–H and O–H groups in total. The summed E-state index contributed by atoms with van der Waals surface area (Å²) in [5, 5.41) is 0.849. The van der Waals surface area contributed by atoms with E-state index in [1.165, 1.54) is 12.1 Å². The summed E-state index contributed by atoms with van der Waals surface area (Å²) in [6.45, 7) is 5.66. The van der Waals surface area contributed by atoms with Crippen molar-refractivity contribution in [1.29, 1.82) is 0 Å². The number of alkyl halides is 1. The van der Waals surface area contributed by atoms with Crippen molar-refractivity contribution in [3.63, 3.8) is 0 Å². The topological polar surface area (TPSA) is 46.2 Å². The van der Waals surface area contributed by atoms with Gasteiger partial charge in [0.1, 0.15) is 5.82 Å². The highest BCUT2D eigenvalue weighted by Crippen LogP contribution is 2.21. The number of benzene rings is 1. The Hall–Kier alpha value is -0.460. The Labute approximate surface area is 129 Å². The molecule has 0 aliphatic heterocycles. The first-order valence-corrected chi connectivity index (χ1v) is 9.24. The fraction of sp³-hybridized carbons (Fsp3) is 0.571. The van der Waals surface area contributed by atoms with Crippen LogP contribution in [0.2, 0.25) is 0 Å². The minimum absolute atomic E-state index is 0.188. The summed E-state index contributed by atoms with van der Waals surface area (Å²) in [6.07, 6.45) is 1.83. The van der Waals surface area contributed by atoms with Gasteiger partial charge in [-0.2, -0.15) is 0 Å². The van der Waals surface area contributed by atoms with Crippen LogP contribution in [0.3, 0.4) is 0 Å². The summed E-state index contributed by atoms with van der Waals surface area (Å²) >= 11 is 3.37. The van der Waals surface area contributed by atoms with Crippen LogP contribution in [0.1, 0.15) is 30.9 Å². The van der Waals surface area contributed by atoms with Crippen molar-refractivity contribution in [3.05, 3.63) is 29.1 Å². The first-order valence-electron chi connectivity index (χ1n) is 6.64. The minimum Gasteiger partial charge on any atom is -0.211 e. The van der Waals surface area contributed by atoms with E-state index in [0.29, 0.717) is 23.6 Å². The fourth-order valence-electron chi connectivity index (χ4n) is 2.23. The van der Waals surface area contributed by atoms with Crippen molar-refractivity contribution in [3.8, 4) is 0 Å². The summed E-state index contributed by atoms with van der Waals surface area (Å²) in [7, 11) is -3.59. The highest BCUT2D eigenvalue weighted by atomic mass is 79.9. The zero-order valence-electron chi connectivity index (χ0n) is 12.0. The predicted octanol–water partition coefficient (Wildman–Crippen LogP) is 3.53. The van der Waals surface area contributed by atoms with Crippen LogP contribution >= 0.6 is 15.9 Å². The molecule has 1 unspecified atom stereocenters. The van der Waals surface area contributed by atoms with Crippen molar-refractivity contribution >= 4 is 26.0 Å². The summed E-state index contributed by atoms with van der Waals surface area (Å²) in [5.41, 5.74) is 0.868. The van der Waals surface area contributed by atoms with Crippen LogP contribution < -0.4 is 4.72 Å². The molecule has 1 atom stereocenters. The zero-order valence-corrected chi connectivity index (χ0v) is 14.4. The van der Waals surface area contributed by atoms with Crippen molar-refractivity contribution in [2.24, 2.45) is 5.92 Å². The van der Waals surface area contributed by atoms with E-state index < -0.39 is 15.8 Å². The predicted molar refractivity (Wildman–Crippen MR) is 83.3 cm³/mol. The third kappa shape index (κ3) is 4.53. The van der Waals surface area contributed by atoms with Gasteiger partial charge in [0.2, 0.25) is 10.0 Å². The lowest BCUT2D eigenvalue weighted by molar-refractivity contribution is 0.482. The lowest BCUT2D eigenvalue weighted by atomic mass is 10.0. The van der Waals surface area contributed by atoms with Gasteiger partial charge < -0.3 is 0 Å². The molecule has 0 radical (unpaired) electrons. The van der Waals surface area contributed by atoms with Crippen LogP contribution in [0.5, 0.6) is 0 Å². The monoisotopic (exact) mass is 365 g/mol. The second kappa shape index (κ2) is 7.52. The Balaban J connectivity index is 2.95. The van der Waals surface area contributed by atoms with E-state index in [0.717, 1.165) is 18.2 Å². The second-order valence-corrected chi connectivity index (χ2v) is 7.47. The molecule has 114 valence electrons. The Bertz CT molecular complexity index is 537. The lowest BCUT2D eigenvalue weighted by Crippen LogP contribution is -2.30. The molecule has 6 heteroatoms. The Morgan fingerprint density at radius 3 is 2.30 bits per heavy atom. The van der Waals surface area contributed by atoms with Crippen molar-refractivity contribution in [1.82, 2.24) is 4.72 Å². The molecule has 0 heterocycles. The average Bonchev–Trinajstić information content (AvgIpc) is 2.32. The molecule has 0 fully saturated rings. The second-order valence-electron chi connectivity index (χ2n) is 4.97. The van der Waals surface area contributed by atoms with Gasteiger partial charge in [0.05, 0.1) is 4.90 Å². The fourth-order valence-corrected chi connectivity index (χ4v) is 4.44. The molecule has 0 spiro atoms. The van der Waals surface area contributed by atoms with Crippen LogP contribution in [-0.4, -0.2) is 20.3 Å². The standard InChI is InChI=1S/C14H21BrFNO2S/c1-4-12(5-6-15)9-17-20(18,19)14-10(2)7-13(16)8-11(14)3/h7-8,12,17H,4-6,9H2,1-3H3. The van der Waals surface area contributed by atoms with Gasteiger partial charge >= 0.3 is 0 Å². The van der Waals surface area contributed by atoms with E-state index in [4.69, 9.17) is 0 Å². The number of sulfonamides is 1. The Kier molecular flexibility index (Phi) is 6.61. The Morgan fingerprint density at radius 2 is 1.85 bits per heavy atom. The van der Waals surface area contributed by atoms with Crippen LogP contribution in [0.15, 0.2) is 17.0 Å². The molecule has 0 aliphatic rings. The summed E-state index contributed by atoms with van der Waals surface area (Å²) in [6, 6.07) is 2.49. The van der Waals surface area contributed by atoms with E-state index in [2.05, 4.69) is 20.7 Å². The van der Waals surface area contributed by atoms with Gasteiger partial charge in [-0.05, 0) is 49.4 Å². The van der Waals surface area contributed by atoms with Gasteiger partial charge in [-0.1, -0.05) is 29.3 Å². The minimum atomic E-state index is -3.59. The molecular formula is C14H21BrFNO2S. The van der Waals surface area contributed by atoms with Crippen molar-refractivity contribution < 1.29 is 12.8 Å².